The molecule has 37 heavy (non-hydrogen) atoms. The predicted octanol–water partition coefficient (Wildman–Crippen LogP) is 7.13. The maximum atomic E-state index is 13.9. The third-order valence-electron chi connectivity index (χ3n) is 7.65. The van der Waals surface area contributed by atoms with Crippen LogP contribution in [0.5, 0.6) is 0 Å². The van der Waals surface area contributed by atoms with Crippen molar-refractivity contribution in [2.24, 2.45) is 10.9 Å². The zero-order valence-corrected chi connectivity index (χ0v) is 22.3. The first kappa shape index (κ1) is 25.2. The molecule has 3 unspecified atom stereocenters. The Balaban J connectivity index is 1.62. The first-order chi connectivity index (χ1) is 17.9. The second-order valence-electron chi connectivity index (χ2n) is 9.79. The number of halogens is 1. The number of carbonyl (C=O) groups is 2. The lowest BCUT2D eigenvalue weighted by Crippen LogP contribution is -2.45. The van der Waals surface area contributed by atoms with Crippen LogP contribution in [0.2, 0.25) is 5.02 Å². The number of ketones is 1. The summed E-state index contributed by atoms with van der Waals surface area (Å²) in [6.45, 7) is 7.67. The summed E-state index contributed by atoms with van der Waals surface area (Å²) >= 11 is 6.12. The fourth-order valence-electron chi connectivity index (χ4n) is 5.85. The van der Waals surface area contributed by atoms with E-state index in [0.29, 0.717) is 17.9 Å². The third-order valence-corrected chi connectivity index (χ3v) is 7.90. The van der Waals surface area contributed by atoms with E-state index in [9.17, 15) is 9.59 Å². The monoisotopic (exact) mass is 513 g/mol. The molecule has 0 spiro atoms. The molecule has 0 N–H and O–H groups in total. The Hall–Kier alpha value is -3.44. The van der Waals surface area contributed by atoms with Crippen LogP contribution in [-0.2, 0) is 9.59 Å². The van der Waals surface area contributed by atoms with Crippen LogP contribution in [0.4, 0.5) is 17.1 Å². The summed E-state index contributed by atoms with van der Waals surface area (Å²) in [5, 5.41) is 0.676. The van der Waals surface area contributed by atoms with Crippen molar-refractivity contribution in [2.75, 3.05) is 22.9 Å². The molecular weight excluding hydrogens is 482 g/mol. The molecule has 6 heteroatoms. The molecule has 190 valence electrons. The molecule has 0 saturated heterocycles. The average molecular weight is 514 g/mol. The summed E-state index contributed by atoms with van der Waals surface area (Å²) in [5.74, 6) is -0.461. The van der Waals surface area contributed by atoms with E-state index in [4.69, 9.17) is 16.6 Å². The minimum Gasteiger partial charge on any atom is -0.372 e. The third kappa shape index (κ3) is 4.80. The van der Waals surface area contributed by atoms with Gasteiger partial charge in [-0.3, -0.25) is 14.6 Å². The summed E-state index contributed by atoms with van der Waals surface area (Å²) in [4.78, 5) is 36.3. The van der Waals surface area contributed by atoms with Gasteiger partial charge in [-0.2, -0.15) is 0 Å². The normalized spacial score (nSPS) is 21.0. The second kappa shape index (κ2) is 10.5. The van der Waals surface area contributed by atoms with Crippen LogP contribution < -0.4 is 9.80 Å². The number of aliphatic imine (C=N–C) groups is 1. The highest BCUT2D eigenvalue weighted by molar-refractivity contribution is 6.30. The van der Waals surface area contributed by atoms with Gasteiger partial charge in [0.1, 0.15) is 5.78 Å². The second-order valence-corrected chi connectivity index (χ2v) is 10.2. The Bertz CT molecular complexity index is 1330. The number of Topliss-reactive ketones (excluding diaryl/α,β-unsaturated/α-hetero) is 1. The van der Waals surface area contributed by atoms with Gasteiger partial charge in [0.2, 0.25) is 5.91 Å². The van der Waals surface area contributed by atoms with Gasteiger partial charge in [0.15, 0.2) is 0 Å². The fraction of sp³-hybridized carbons (Fsp3) is 0.323. The summed E-state index contributed by atoms with van der Waals surface area (Å²) in [5.41, 5.74) is 5.46. The van der Waals surface area contributed by atoms with E-state index in [2.05, 4.69) is 43.0 Å². The van der Waals surface area contributed by atoms with Crippen molar-refractivity contribution >= 4 is 46.1 Å². The molecule has 5 nitrogen and oxygen atoms in total. The number of hydrogen-bond donors (Lipinski definition) is 0. The van der Waals surface area contributed by atoms with Crippen LogP contribution in [0.25, 0.3) is 0 Å². The molecule has 5 rings (SSSR count). The zero-order chi connectivity index (χ0) is 26.1. The molecule has 0 radical (unpaired) electrons. The highest BCUT2D eigenvalue weighted by Gasteiger charge is 2.45. The quantitative estimate of drug-likeness (QED) is 0.364. The van der Waals surface area contributed by atoms with Gasteiger partial charge in [0, 0.05) is 42.9 Å². The zero-order valence-electron chi connectivity index (χ0n) is 21.5. The average Bonchev–Trinajstić information content (AvgIpc) is 3.05. The maximum Gasteiger partial charge on any atom is 0.224 e. The van der Waals surface area contributed by atoms with E-state index in [1.165, 1.54) is 0 Å². The number of hydrogen-bond acceptors (Lipinski definition) is 4. The largest absolute Gasteiger partial charge is 0.372 e. The Morgan fingerprint density at radius 2 is 1.59 bits per heavy atom. The molecular formula is C31H32ClN3O2. The van der Waals surface area contributed by atoms with Crippen LogP contribution in [0, 0.1) is 5.92 Å². The number of nitrogens with zero attached hydrogens (tertiary/aromatic N) is 3. The number of anilines is 2. The maximum absolute atomic E-state index is 13.9. The molecule has 1 fully saturated rings. The van der Waals surface area contributed by atoms with Crippen molar-refractivity contribution in [1.82, 2.24) is 0 Å². The summed E-state index contributed by atoms with van der Waals surface area (Å²) < 4.78 is 0. The number of para-hydroxylation sites is 2. The first-order valence-corrected chi connectivity index (χ1v) is 13.4. The van der Waals surface area contributed by atoms with Crippen LogP contribution >= 0.6 is 11.6 Å². The van der Waals surface area contributed by atoms with E-state index in [0.717, 1.165) is 47.0 Å². The van der Waals surface area contributed by atoms with Crippen LogP contribution in [-0.4, -0.2) is 30.5 Å². The van der Waals surface area contributed by atoms with Gasteiger partial charge in [-0.1, -0.05) is 48.0 Å². The minimum atomic E-state index is -0.501. The van der Waals surface area contributed by atoms with E-state index in [1.54, 1.807) is 11.8 Å². The summed E-state index contributed by atoms with van der Waals surface area (Å²) in [6.07, 6.45) is 1.06. The van der Waals surface area contributed by atoms with Crippen molar-refractivity contribution in [2.45, 2.75) is 45.6 Å². The topological polar surface area (TPSA) is 53.0 Å². The Morgan fingerprint density at radius 1 is 0.946 bits per heavy atom. The number of rotatable bonds is 5. The van der Waals surface area contributed by atoms with E-state index in [1.807, 2.05) is 48.5 Å². The smallest absolute Gasteiger partial charge is 0.224 e. The standard InChI is InChI=1S/C31H32ClN3O2/c1-4-34(5-2)25-16-12-22(13-17-25)31-30-27(33-26-8-6-7-9-28(26)35(31)20(3)36)18-23(19-29(30)37)21-10-14-24(32)15-11-21/h6-17,23,30-31H,4-5,18-19H2,1-3H3. The molecule has 1 aliphatic heterocycles. The van der Waals surface area contributed by atoms with Gasteiger partial charge >= 0.3 is 0 Å². The number of benzene rings is 3. The van der Waals surface area contributed by atoms with Crippen molar-refractivity contribution in [3.8, 4) is 0 Å². The van der Waals surface area contributed by atoms with Crippen LogP contribution in [0.3, 0.4) is 0 Å². The van der Waals surface area contributed by atoms with Crippen molar-refractivity contribution in [3.05, 3.63) is 88.9 Å². The van der Waals surface area contributed by atoms with Gasteiger partial charge in [-0.15, -0.1) is 0 Å². The molecule has 1 heterocycles. The molecule has 3 aromatic rings. The SMILES string of the molecule is CCN(CC)c1ccc(C2C3C(=O)CC(c4ccc(Cl)cc4)CC3=Nc3ccccc3N2C(C)=O)cc1. The molecule has 1 aliphatic carbocycles. The van der Waals surface area contributed by atoms with E-state index < -0.39 is 12.0 Å². The number of fused-ring (bicyclic) bond motifs is 2. The molecule has 0 aromatic heterocycles. The Kier molecular flexibility index (Phi) is 7.16. The summed E-state index contributed by atoms with van der Waals surface area (Å²) in [6, 6.07) is 23.3. The fourth-order valence-corrected chi connectivity index (χ4v) is 5.97. The Labute approximate surface area is 223 Å². The summed E-state index contributed by atoms with van der Waals surface area (Å²) in [7, 11) is 0. The lowest BCUT2D eigenvalue weighted by Gasteiger charge is -2.38. The first-order valence-electron chi connectivity index (χ1n) is 13.0. The molecule has 2 aliphatic rings. The molecule has 0 bridgehead atoms. The van der Waals surface area contributed by atoms with Gasteiger partial charge in [-0.05, 0) is 73.7 Å². The van der Waals surface area contributed by atoms with E-state index in [-0.39, 0.29) is 17.6 Å². The van der Waals surface area contributed by atoms with Crippen molar-refractivity contribution in [1.29, 1.82) is 0 Å². The highest BCUT2D eigenvalue weighted by atomic mass is 35.5. The number of amides is 1. The van der Waals surface area contributed by atoms with Crippen molar-refractivity contribution < 1.29 is 9.59 Å². The van der Waals surface area contributed by atoms with Crippen LogP contribution in [0.15, 0.2) is 77.8 Å². The Morgan fingerprint density at radius 3 is 2.24 bits per heavy atom. The van der Waals surface area contributed by atoms with Gasteiger partial charge < -0.3 is 9.80 Å². The minimum absolute atomic E-state index is 0.0292. The van der Waals surface area contributed by atoms with Gasteiger partial charge in [0.25, 0.3) is 0 Å². The molecule has 3 atom stereocenters. The highest BCUT2D eigenvalue weighted by Crippen LogP contribution is 2.47. The van der Waals surface area contributed by atoms with Crippen molar-refractivity contribution in [3.63, 3.8) is 0 Å². The number of carbonyl (C=O) groups excluding carboxylic acids is 2. The molecule has 1 saturated carbocycles. The van der Waals surface area contributed by atoms with E-state index >= 15 is 0 Å². The lowest BCUT2D eigenvalue weighted by molar-refractivity contribution is -0.123. The lowest BCUT2D eigenvalue weighted by atomic mass is 9.72. The van der Waals surface area contributed by atoms with Gasteiger partial charge in [-0.25, -0.2) is 0 Å². The molecule has 3 aromatic carbocycles. The predicted molar refractivity (Wildman–Crippen MR) is 151 cm³/mol. The van der Waals surface area contributed by atoms with Gasteiger partial charge in [0.05, 0.1) is 23.3 Å². The van der Waals surface area contributed by atoms with Crippen LogP contribution in [0.1, 0.15) is 56.7 Å². The molecule has 1 amide bonds.